The first kappa shape index (κ1) is 15.0. The van der Waals surface area contributed by atoms with Crippen molar-refractivity contribution in [1.82, 2.24) is 9.38 Å². The van der Waals surface area contributed by atoms with Gasteiger partial charge in [0.15, 0.2) is 4.96 Å². The average molecular weight is 354 g/mol. The molecule has 0 radical (unpaired) electrons. The number of hydrogen-bond donors (Lipinski definition) is 1. The lowest BCUT2D eigenvalue weighted by atomic mass is 10.2. The molecule has 112 valence electrons. The van der Waals surface area contributed by atoms with Gasteiger partial charge >= 0.3 is 0 Å². The summed E-state index contributed by atoms with van der Waals surface area (Å²) in [5.41, 5.74) is 0.749. The number of hydrogen-bond acceptors (Lipinski definition) is 4. The summed E-state index contributed by atoms with van der Waals surface area (Å²) in [6.07, 6.45) is 1.28. The van der Waals surface area contributed by atoms with Gasteiger partial charge in [-0.15, -0.1) is 11.3 Å². The van der Waals surface area contributed by atoms with Crippen molar-refractivity contribution in [3.63, 3.8) is 0 Å². The largest absolute Gasteiger partial charge is 0.322 e. The molecule has 0 aliphatic heterocycles. The molecule has 0 spiro atoms. The summed E-state index contributed by atoms with van der Waals surface area (Å²) in [5, 5.41) is 5.13. The summed E-state index contributed by atoms with van der Waals surface area (Å²) in [6.45, 7) is 1.78. The van der Waals surface area contributed by atoms with Crippen LogP contribution in [0.2, 0.25) is 10.0 Å². The molecule has 2 aromatic heterocycles. The molecule has 3 aromatic rings. The molecule has 0 bridgehead atoms. The molecule has 0 aliphatic carbocycles. The number of benzene rings is 1. The molecule has 2 heterocycles. The first-order valence-corrected chi connectivity index (χ1v) is 7.83. The Morgan fingerprint density at radius 2 is 2.09 bits per heavy atom. The number of carbonyl (C=O) groups excluding carboxylic acids is 1. The number of nitrogens with one attached hydrogen (secondary N) is 1. The van der Waals surface area contributed by atoms with Crippen LogP contribution >= 0.6 is 34.5 Å². The van der Waals surface area contributed by atoms with Crippen LogP contribution in [0.3, 0.4) is 0 Å². The van der Waals surface area contributed by atoms with Crippen LogP contribution < -0.4 is 10.9 Å². The fourth-order valence-corrected chi connectivity index (χ4v) is 3.08. The lowest BCUT2D eigenvalue weighted by Crippen LogP contribution is -2.26. The van der Waals surface area contributed by atoms with Gasteiger partial charge in [-0.2, -0.15) is 0 Å². The van der Waals surface area contributed by atoms with Crippen LogP contribution in [-0.2, 0) is 0 Å². The van der Waals surface area contributed by atoms with Crippen molar-refractivity contribution in [3.05, 3.63) is 61.4 Å². The summed E-state index contributed by atoms with van der Waals surface area (Å²) in [4.78, 5) is 29.3. The fourth-order valence-electron chi connectivity index (χ4n) is 1.95. The summed E-state index contributed by atoms with van der Waals surface area (Å²) in [7, 11) is 0. The third kappa shape index (κ3) is 2.61. The zero-order valence-corrected chi connectivity index (χ0v) is 13.6. The number of aryl methyl sites for hydroxylation is 1. The average Bonchev–Trinajstić information content (AvgIpc) is 2.85. The predicted octanol–water partition coefficient (Wildman–Crippen LogP) is 3.62. The van der Waals surface area contributed by atoms with Crippen molar-refractivity contribution in [2.24, 2.45) is 0 Å². The van der Waals surface area contributed by atoms with E-state index in [1.165, 1.54) is 28.0 Å². The van der Waals surface area contributed by atoms with Crippen molar-refractivity contribution < 1.29 is 4.79 Å². The summed E-state index contributed by atoms with van der Waals surface area (Å²) >= 11 is 13.1. The highest BCUT2D eigenvalue weighted by Crippen LogP contribution is 2.25. The Morgan fingerprint density at radius 3 is 2.82 bits per heavy atom. The van der Waals surface area contributed by atoms with Gasteiger partial charge in [0.2, 0.25) is 0 Å². The van der Waals surface area contributed by atoms with Crippen LogP contribution in [0.1, 0.15) is 16.1 Å². The molecule has 5 nitrogen and oxygen atoms in total. The van der Waals surface area contributed by atoms with Gasteiger partial charge in [0.1, 0.15) is 5.56 Å². The van der Waals surface area contributed by atoms with Crippen molar-refractivity contribution in [1.29, 1.82) is 0 Å². The van der Waals surface area contributed by atoms with Crippen molar-refractivity contribution >= 4 is 51.1 Å². The molecule has 22 heavy (non-hydrogen) atoms. The molecule has 0 atom stereocenters. The van der Waals surface area contributed by atoms with Crippen LogP contribution in [0.15, 0.2) is 34.6 Å². The number of rotatable bonds is 2. The van der Waals surface area contributed by atoms with E-state index in [2.05, 4.69) is 10.3 Å². The summed E-state index contributed by atoms with van der Waals surface area (Å²) in [6, 6.07) is 4.68. The summed E-state index contributed by atoms with van der Waals surface area (Å²) in [5.74, 6) is -0.545. The number of halogens is 2. The van der Waals surface area contributed by atoms with Gasteiger partial charge in [0.05, 0.1) is 10.0 Å². The zero-order chi connectivity index (χ0) is 15.9. The quantitative estimate of drug-likeness (QED) is 0.765. The van der Waals surface area contributed by atoms with E-state index in [1.807, 2.05) is 5.38 Å². The number of nitrogens with zero attached hydrogens (tertiary/aromatic N) is 2. The maximum atomic E-state index is 12.4. The van der Waals surface area contributed by atoms with Gasteiger partial charge in [-0.1, -0.05) is 23.2 Å². The van der Waals surface area contributed by atoms with Gasteiger partial charge in [-0.05, 0) is 25.1 Å². The molecule has 3 rings (SSSR count). The normalized spacial score (nSPS) is 10.9. The highest BCUT2D eigenvalue weighted by molar-refractivity contribution is 7.15. The standard InChI is InChI=1S/C14H9Cl2N3O2S/c1-7-6-22-14-17-5-9(13(21)19(7)14)12(20)18-8-2-3-10(15)11(16)4-8/h2-6H,1H3,(H,18,20). The van der Waals surface area contributed by atoms with E-state index in [1.54, 1.807) is 19.1 Å². The number of anilines is 1. The number of thiazole rings is 1. The highest BCUT2D eigenvalue weighted by Gasteiger charge is 2.15. The molecule has 0 saturated heterocycles. The molecule has 8 heteroatoms. The van der Waals surface area contributed by atoms with E-state index >= 15 is 0 Å². The third-order valence-electron chi connectivity index (χ3n) is 3.04. The van der Waals surface area contributed by atoms with Crippen molar-refractivity contribution in [2.45, 2.75) is 6.92 Å². The Hall–Kier alpha value is -1.89. The van der Waals surface area contributed by atoms with E-state index < -0.39 is 11.5 Å². The van der Waals surface area contributed by atoms with E-state index in [0.717, 1.165) is 5.69 Å². The Kier molecular flexibility index (Phi) is 3.90. The monoisotopic (exact) mass is 353 g/mol. The molecule has 0 aliphatic rings. The van der Waals surface area contributed by atoms with E-state index in [4.69, 9.17) is 23.2 Å². The van der Waals surface area contributed by atoms with Crippen LogP contribution in [0, 0.1) is 6.92 Å². The number of carbonyl (C=O) groups is 1. The predicted molar refractivity (Wildman–Crippen MR) is 88.5 cm³/mol. The van der Waals surface area contributed by atoms with Gasteiger partial charge in [0, 0.05) is 23.0 Å². The molecule has 0 unspecified atom stereocenters. The van der Waals surface area contributed by atoms with Gasteiger partial charge in [-0.3, -0.25) is 14.0 Å². The van der Waals surface area contributed by atoms with Crippen molar-refractivity contribution in [3.8, 4) is 0 Å². The molecule has 1 aromatic carbocycles. The van der Waals surface area contributed by atoms with Crippen LogP contribution in [0.5, 0.6) is 0 Å². The van der Waals surface area contributed by atoms with Gasteiger partial charge in [-0.25, -0.2) is 4.98 Å². The van der Waals surface area contributed by atoms with Crippen LogP contribution in [0.25, 0.3) is 4.96 Å². The maximum Gasteiger partial charge on any atom is 0.271 e. The Labute approximate surface area is 139 Å². The Balaban J connectivity index is 1.98. The second kappa shape index (κ2) is 5.72. The first-order chi connectivity index (χ1) is 10.5. The topological polar surface area (TPSA) is 63.5 Å². The fraction of sp³-hybridized carbons (Fsp3) is 0.0714. The molecule has 1 N–H and O–H groups in total. The molecule has 0 saturated carbocycles. The maximum absolute atomic E-state index is 12.4. The minimum atomic E-state index is -0.545. The highest BCUT2D eigenvalue weighted by atomic mass is 35.5. The van der Waals surface area contributed by atoms with Gasteiger partial charge in [0.25, 0.3) is 11.5 Å². The smallest absolute Gasteiger partial charge is 0.271 e. The second-order valence-electron chi connectivity index (χ2n) is 4.56. The van der Waals surface area contributed by atoms with Crippen molar-refractivity contribution in [2.75, 3.05) is 5.32 Å². The number of aromatic nitrogens is 2. The Bertz CT molecular complexity index is 949. The number of amides is 1. The molecular formula is C14H9Cl2N3O2S. The molecule has 1 amide bonds. The van der Waals surface area contributed by atoms with Gasteiger partial charge < -0.3 is 5.32 Å². The van der Waals surface area contributed by atoms with E-state index in [0.29, 0.717) is 20.7 Å². The first-order valence-electron chi connectivity index (χ1n) is 6.19. The van der Waals surface area contributed by atoms with E-state index in [-0.39, 0.29) is 5.56 Å². The lowest BCUT2D eigenvalue weighted by Gasteiger charge is -2.06. The van der Waals surface area contributed by atoms with Crippen LogP contribution in [0.4, 0.5) is 5.69 Å². The second-order valence-corrected chi connectivity index (χ2v) is 6.21. The van der Waals surface area contributed by atoms with E-state index in [9.17, 15) is 9.59 Å². The minimum absolute atomic E-state index is 0.0370. The minimum Gasteiger partial charge on any atom is -0.322 e. The zero-order valence-electron chi connectivity index (χ0n) is 11.3. The SMILES string of the molecule is Cc1csc2ncc(C(=O)Nc3ccc(Cl)c(Cl)c3)c(=O)n12. The van der Waals surface area contributed by atoms with Crippen LogP contribution in [-0.4, -0.2) is 15.3 Å². The number of fused-ring (bicyclic) bond motifs is 1. The lowest BCUT2D eigenvalue weighted by molar-refractivity contribution is 0.102. The third-order valence-corrected chi connectivity index (χ3v) is 4.74. The molecule has 0 fully saturated rings. The molecular weight excluding hydrogens is 345 g/mol. The Morgan fingerprint density at radius 1 is 1.32 bits per heavy atom. The summed E-state index contributed by atoms with van der Waals surface area (Å²) < 4.78 is 1.41.